The first-order chi connectivity index (χ1) is 12.2. The van der Waals surface area contributed by atoms with E-state index in [0.29, 0.717) is 29.4 Å². The van der Waals surface area contributed by atoms with Gasteiger partial charge in [0.15, 0.2) is 11.5 Å². The van der Waals surface area contributed by atoms with Gasteiger partial charge < -0.3 is 19.4 Å². The van der Waals surface area contributed by atoms with Gasteiger partial charge in [0.05, 0.1) is 14.2 Å². The van der Waals surface area contributed by atoms with Crippen LogP contribution in [0.4, 0.5) is 5.69 Å². The number of nitrogens with zero attached hydrogens (tertiary/aromatic N) is 1. The molecule has 0 spiro atoms. The zero-order valence-electron chi connectivity index (χ0n) is 14.2. The average Bonchev–Trinajstić information content (AvgIpc) is 3.10. The molecule has 128 valence electrons. The van der Waals surface area contributed by atoms with Crippen molar-refractivity contribution in [3.8, 4) is 11.5 Å². The Morgan fingerprint density at radius 2 is 1.72 bits per heavy atom. The Labute approximate surface area is 146 Å². The third kappa shape index (κ3) is 3.83. The summed E-state index contributed by atoms with van der Waals surface area (Å²) < 4.78 is 12.4. The number of benzene rings is 2. The quantitative estimate of drug-likeness (QED) is 0.745. The number of hydrogen-bond donors (Lipinski definition) is 1. The minimum Gasteiger partial charge on any atom is -0.493 e. The van der Waals surface area contributed by atoms with E-state index in [-0.39, 0.29) is 5.91 Å². The van der Waals surface area contributed by atoms with Crippen LogP contribution in [-0.4, -0.2) is 24.7 Å². The van der Waals surface area contributed by atoms with Crippen molar-refractivity contribution >= 4 is 11.6 Å². The summed E-state index contributed by atoms with van der Waals surface area (Å²) in [4.78, 5) is 12.6. The van der Waals surface area contributed by atoms with Crippen LogP contribution in [0.25, 0.3) is 0 Å². The monoisotopic (exact) mass is 336 g/mol. The number of aromatic nitrogens is 1. The smallest absolute Gasteiger partial charge is 0.272 e. The van der Waals surface area contributed by atoms with Gasteiger partial charge in [-0.1, -0.05) is 30.3 Å². The summed E-state index contributed by atoms with van der Waals surface area (Å²) in [6, 6.07) is 19.0. The molecule has 0 fully saturated rings. The molecule has 0 saturated heterocycles. The second-order valence-corrected chi connectivity index (χ2v) is 5.53. The van der Waals surface area contributed by atoms with E-state index < -0.39 is 0 Å². The fraction of sp³-hybridized carbons (Fsp3) is 0.150. The van der Waals surface area contributed by atoms with Crippen LogP contribution in [0.3, 0.4) is 0 Å². The first-order valence-corrected chi connectivity index (χ1v) is 7.93. The van der Waals surface area contributed by atoms with Crippen molar-refractivity contribution in [1.29, 1.82) is 0 Å². The van der Waals surface area contributed by atoms with Crippen LogP contribution in [0.5, 0.6) is 11.5 Å². The lowest BCUT2D eigenvalue weighted by Gasteiger charge is -2.12. The van der Waals surface area contributed by atoms with Crippen molar-refractivity contribution < 1.29 is 14.3 Å². The number of hydrogen-bond acceptors (Lipinski definition) is 3. The number of carbonyl (C=O) groups is 1. The van der Waals surface area contributed by atoms with Crippen molar-refractivity contribution in [1.82, 2.24) is 4.57 Å². The Kier molecular flexibility index (Phi) is 5.04. The largest absolute Gasteiger partial charge is 0.493 e. The van der Waals surface area contributed by atoms with E-state index in [1.54, 1.807) is 38.5 Å². The Bertz CT molecular complexity index is 856. The molecule has 2 aromatic carbocycles. The van der Waals surface area contributed by atoms with Crippen LogP contribution in [0.1, 0.15) is 16.1 Å². The highest BCUT2D eigenvalue weighted by atomic mass is 16.5. The minimum atomic E-state index is -0.173. The standard InChI is InChI=1S/C20H20N2O3/c1-24-18-11-10-16(13-19(18)25-2)21-20(23)17-9-6-12-22(17)14-15-7-4-3-5-8-15/h3-13H,14H2,1-2H3,(H,21,23). The van der Waals surface area contributed by atoms with Gasteiger partial charge in [-0.3, -0.25) is 4.79 Å². The number of nitrogens with one attached hydrogen (secondary N) is 1. The fourth-order valence-corrected chi connectivity index (χ4v) is 2.65. The molecule has 0 bridgehead atoms. The Morgan fingerprint density at radius 1 is 0.960 bits per heavy atom. The molecule has 0 atom stereocenters. The first kappa shape index (κ1) is 16.6. The predicted octanol–water partition coefficient (Wildman–Crippen LogP) is 3.81. The summed E-state index contributed by atoms with van der Waals surface area (Å²) in [7, 11) is 3.14. The van der Waals surface area contributed by atoms with E-state index in [1.807, 2.05) is 47.2 Å². The van der Waals surface area contributed by atoms with Crippen LogP contribution in [-0.2, 0) is 6.54 Å². The zero-order chi connectivity index (χ0) is 17.6. The second-order valence-electron chi connectivity index (χ2n) is 5.53. The van der Waals surface area contributed by atoms with Crippen molar-refractivity contribution in [2.75, 3.05) is 19.5 Å². The van der Waals surface area contributed by atoms with E-state index >= 15 is 0 Å². The maximum Gasteiger partial charge on any atom is 0.272 e. The molecule has 0 aliphatic heterocycles. The van der Waals surface area contributed by atoms with Crippen molar-refractivity contribution in [2.45, 2.75) is 6.54 Å². The molecular formula is C20H20N2O3. The number of carbonyl (C=O) groups excluding carboxylic acids is 1. The normalized spacial score (nSPS) is 10.3. The van der Waals surface area contributed by atoms with Crippen LogP contribution in [0, 0.1) is 0 Å². The zero-order valence-corrected chi connectivity index (χ0v) is 14.2. The Morgan fingerprint density at radius 3 is 2.44 bits per heavy atom. The van der Waals surface area contributed by atoms with E-state index in [9.17, 15) is 4.79 Å². The molecular weight excluding hydrogens is 316 g/mol. The van der Waals surface area contributed by atoms with Crippen LogP contribution in [0.15, 0.2) is 66.9 Å². The molecule has 1 heterocycles. The highest BCUT2D eigenvalue weighted by molar-refractivity contribution is 6.03. The fourth-order valence-electron chi connectivity index (χ4n) is 2.65. The molecule has 5 nitrogen and oxygen atoms in total. The summed E-state index contributed by atoms with van der Waals surface area (Å²) >= 11 is 0. The summed E-state index contributed by atoms with van der Waals surface area (Å²) in [5.41, 5.74) is 2.38. The molecule has 1 N–H and O–H groups in total. The predicted molar refractivity (Wildman–Crippen MR) is 97.5 cm³/mol. The lowest BCUT2D eigenvalue weighted by molar-refractivity contribution is 0.101. The third-order valence-corrected chi connectivity index (χ3v) is 3.90. The summed E-state index contributed by atoms with van der Waals surface area (Å²) in [6.07, 6.45) is 1.90. The van der Waals surface area contributed by atoms with Gasteiger partial charge in [0.2, 0.25) is 0 Å². The van der Waals surface area contributed by atoms with E-state index in [0.717, 1.165) is 5.56 Å². The molecule has 0 aliphatic rings. The molecule has 0 radical (unpaired) electrons. The minimum absolute atomic E-state index is 0.173. The number of anilines is 1. The highest BCUT2D eigenvalue weighted by Crippen LogP contribution is 2.29. The van der Waals surface area contributed by atoms with Gasteiger partial charge in [-0.05, 0) is 29.8 Å². The lowest BCUT2D eigenvalue weighted by atomic mass is 10.2. The van der Waals surface area contributed by atoms with Gasteiger partial charge in [0.1, 0.15) is 5.69 Å². The molecule has 25 heavy (non-hydrogen) atoms. The molecule has 0 unspecified atom stereocenters. The van der Waals surface area contributed by atoms with E-state index in [4.69, 9.17) is 9.47 Å². The number of ether oxygens (including phenoxy) is 2. The van der Waals surface area contributed by atoms with Crippen molar-refractivity contribution in [2.24, 2.45) is 0 Å². The summed E-state index contributed by atoms with van der Waals surface area (Å²) in [5.74, 6) is 1.01. The molecule has 5 heteroatoms. The molecule has 3 aromatic rings. The molecule has 1 amide bonds. The molecule has 0 saturated carbocycles. The van der Waals surface area contributed by atoms with Gasteiger partial charge in [-0.25, -0.2) is 0 Å². The SMILES string of the molecule is COc1ccc(NC(=O)c2cccn2Cc2ccccc2)cc1OC. The van der Waals surface area contributed by atoms with Crippen LogP contribution in [0.2, 0.25) is 0 Å². The number of rotatable bonds is 6. The second kappa shape index (κ2) is 7.57. The van der Waals surface area contributed by atoms with Crippen LogP contribution >= 0.6 is 0 Å². The van der Waals surface area contributed by atoms with E-state index in [1.165, 1.54) is 0 Å². The van der Waals surface area contributed by atoms with Gasteiger partial charge in [-0.15, -0.1) is 0 Å². The lowest BCUT2D eigenvalue weighted by Crippen LogP contribution is -2.17. The Hall–Kier alpha value is -3.21. The van der Waals surface area contributed by atoms with Gasteiger partial charge in [0.25, 0.3) is 5.91 Å². The molecule has 1 aromatic heterocycles. The van der Waals surface area contributed by atoms with Gasteiger partial charge in [-0.2, -0.15) is 0 Å². The van der Waals surface area contributed by atoms with Crippen LogP contribution < -0.4 is 14.8 Å². The third-order valence-electron chi connectivity index (χ3n) is 3.90. The Balaban J connectivity index is 1.77. The maximum atomic E-state index is 12.6. The average molecular weight is 336 g/mol. The summed E-state index contributed by atoms with van der Waals surface area (Å²) in [5, 5.41) is 2.90. The van der Waals surface area contributed by atoms with Crippen molar-refractivity contribution in [3.05, 3.63) is 78.1 Å². The van der Waals surface area contributed by atoms with E-state index in [2.05, 4.69) is 5.32 Å². The maximum absolute atomic E-state index is 12.6. The topological polar surface area (TPSA) is 52.5 Å². The first-order valence-electron chi connectivity index (χ1n) is 7.93. The number of amides is 1. The molecule has 3 rings (SSSR count). The highest BCUT2D eigenvalue weighted by Gasteiger charge is 2.13. The number of methoxy groups -OCH3 is 2. The van der Waals surface area contributed by atoms with Crippen molar-refractivity contribution in [3.63, 3.8) is 0 Å². The van der Waals surface area contributed by atoms with Gasteiger partial charge >= 0.3 is 0 Å². The molecule has 0 aliphatic carbocycles. The van der Waals surface area contributed by atoms with Gasteiger partial charge in [0, 0.05) is 24.5 Å². The summed E-state index contributed by atoms with van der Waals surface area (Å²) in [6.45, 7) is 0.641.